The van der Waals surface area contributed by atoms with Crippen LogP contribution in [0.3, 0.4) is 0 Å². The Hall–Kier alpha value is -1.94. The van der Waals surface area contributed by atoms with Gasteiger partial charge in [0.05, 0.1) is 0 Å². The fourth-order valence-corrected chi connectivity index (χ4v) is 5.83. The first-order chi connectivity index (χ1) is 12.5. The molecule has 2 heterocycles. The zero-order valence-electron chi connectivity index (χ0n) is 14.8. The first kappa shape index (κ1) is 17.5. The molecule has 6 heteroatoms. The second kappa shape index (κ2) is 6.66. The van der Waals surface area contributed by atoms with E-state index in [1.165, 1.54) is 10.2 Å². The molecule has 3 aromatic rings. The van der Waals surface area contributed by atoms with E-state index in [0.717, 1.165) is 33.3 Å². The van der Waals surface area contributed by atoms with Gasteiger partial charge in [-0.05, 0) is 0 Å². The van der Waals surface area contributed by atoms with Gasteiger partial charge < -0.3 is 0 Å². The van der Waals surface area contributed by atoms with Crippen LogP contribution in [0.5, 0.6) is 11.5 Å². The Labute approximate surface area is 164 Å². The van der Waals surface area contributed by atoms with E-state index >= 15 is 0 Å². The summed E-state index contributed by atoms with van der Waals surface area (Å²) in [5.74, 6) is 1.49. The van der Waals surface area contributed by atoms with Crippen molar-refractivity contribution in [3.05, 3.63) is 59.0 Å². The molecule has 134 valence electrons. The number of aromatic amines is 1. The fraction of sp³-hybridized carbons (Fsp3) is 0.250. The number of methoxy groups -OCH3 is 1. The van der Waals surface area contributed by atoms with Crippen molar-refractivity contribution in [2.24, 2.45) is 0 Å². The molecule has 2 aromatic carbocycles. The average Bonchev–Trinajstić information content (AvgIpc) is 3.12. The first-order valence-electron chi connectivity index (χ1n) is 8.30. The van der Waals surface area contributed by atoms with Crippen LogP contribution in [0.2, 0.25) is 5.02 Å². The van der Waals surface area contributed by atoms with Crippen LogP contribution in [0.4, 0.5) is 0 Å². The van der Waals surface area contributed by atoms with Gasteiger partial charge in [-0.3, -0.25) is 0 Å². The topological polar surface area (TPSA) is 47.1 Å². The molecule has 1 N–H and O–H groups in total. The maximum atomic E-state index is 6.07. The summed E-state index contributed by atoms with van der Waals surface area (Å²) in [5, 5.41) is 0.722. The predicted molar refractivity (Wildman–Crippen MR) is 105 cm³/mol. The Morgan fingerprint density at radius 1 is 1.15 bits per heavy atom. The number of benzene rings is 2. The van der Waals surface area contributed by atoms with E-state index in [9.17, 15) is 0 Å². The number of H-pyrrole nitrogens is 1. The number of aromatic nitrogens is 2. The summed E-state index contributed by atoms with van der Waals surface area (Å²) >= 11 is 6.20. The Bertz CT molecular complexity index is 951. The summed E-state index contributed by atoms with van der Waals surface area (Å²) in [5.41, 5.74) is 4.41. The normalized spacial score (nSPS) is 14.5. The fourth-order valence-electron chi connectivity index (χ4n) is 3.11. The number of ether oxygens (including phenoxy) is 2. The van der Waals surface area contributed by atoms with Crippen LogP contribution < -0.4 is 13.9 Å². The summed E-state index contributed by atoms with van der Waals surface area (Å²) in [7, 11) is 1.67. The molecule has 0 amide bonds. The summed E-state index contributed by atoms with van der Waals surface area (Å²) in [6.45, 7) is 4.98. The molecule has 4 rings (SSSR count). The SMILES string of the molecule is COc1cc2c(cc1OCc1ccc(Cl)cc1)[Se]C(C)(C)c1[nH]cnc1-2. The van der Waals surface area contributed by atoms with Crippen molar-refractivity contribution in [2.45, 2.75) is 24.8 Å². The van der Waals surface area contributed by atoms with Gasteiger partial charge in [0.25, 0.3) is 0 Å². The van der Waals surface area contributed by atoms with Gasteiger partial charge in [-0.1, -0.05) is 0 Å². The first-order valence-corrected chi connectivity index (χ1v) is 10.4. The van der Waals surface area contributed by atoms with Gasteiger partial charge in [-0.15, -0.1) is 0 Å². The zero-order chi connectivity index (χ0) is 18.3. The molecule has 1 aliphatic heterocycles. The van der Waals surface area contributed by atoms with E-state index in [1.54, 1.807) is 13.4 Å². The summed E-state index contributed by atoms with van der Waals surface area (Å²) in [4.78, 5) is 7.86. The molecule has 0 spiro atoms. The van der Waals surface area contributed by atoms with Gasteiger partial charge in [0.1, 0.15) is 0 Å². The van der Waals surface area contributed by atoms with Crippen molar-refractivity contribution in [2.75, 3.05) is 7.11 Å². The zero-order valence-corrected chi connectivity index (χ0v) is 17.3. The van der Waals surface area contributed by atoms with Crippen molar-refractivity contribution < 1.29 is 9.47 Å². The number of fused-ring (bicyclic) bond motifs is 3. The van der Waals surface area contributed by atoms with Crippen LogP contribution in [-0.4, -0.2) is 32.0 Å². The molecule has 0 radical (unpaired) electrons. The summed E-state index contributed by atoms with van der Waals surface area (Å²) in [6.07, 6.45) is 1.77. The standard InChI is InChI=1S/C20H19ClN2O2Se/c1-20(2)19-18(22-11-23-19)14-8-15(24-3)16(9-17(14)26-20)25-10-12-4-6-13(21)7-5-12/h4-9,11H,10H2,1-3H3,(H,22,23). The number of nitrogens with zero attached hydrogens (tertiary/aromatic N) is 1. The van der Waals surface area contributed by atoms with Crippen LogP contribution in [-0.2, 0) is 10.9 Å². The van der Waals surface area contributed by atoms with Gasteiger partial charge >= 0.3 is 164 Å². The van der Waals surface area contributed by atoms with Crippen molar-refractivity contribution in [1.29, 1.82) is 0 Å². The second-order valence-electron chi connectivity index (χ2n) is 6.65. The second-order valence-corrected chi connectivity index (χ2v) is 10.6. The number of imidazole rings is 1. The third kappa shape index (κ3) is 3.11. The van der Waals surface area contributed by atoms with E-state index in [2.05, 4.69) is 29.9 Å². The van der Waals surface area contributed by atoms with E-state index in [0.29, 0.717) is 6.61 Å². The number of hydrogen-bond donors (Lipinski definition) is 1. The van der Waals surface area contributed by atoms with Crippen molar-refractivity contribution in [3.8, 4) is 22.8 Å². The molecule has 0 atom stereocenters. The molecule has 26 heavy (non-hydrogen) atoms. The van der Waals surface area contributed by atoms with E-state index in [-0.39, 0.29) is 19.3 Å². The van der Waals surface area contributed by atoms with Gasteiger partial charge in [-0.25, -0.2) is 0 Å². The number of hydrogen-bond acceptors (Lipinski definition) is 3. The van der Waals surface area contributed by atoms with Crippen molar-refractivity contribution in [3.63, 3.8) is 0 Å². The maximum absolute atomic E-state index is 6.07. The quantitative estimate of drug-likeness (QED) is 0.635. The molecule has 0 bridgehead atoms. The van der Waals surface area contributed by atoms with Gasteiger partial charge in [0, 0.05) is 0 Å². The minimum absolute atomic E-state index is 0.0634. The third-order valence-corrected chi connectivity index (χ3v) is 7.36. The molecule has 0 saturated heterocycles. The van der Waals surface area contributed by atoms with Crippen LogP contribution in [0.1, 0.15) is 25.1 Å². The number of rotatable bonds is 4. The minimum atomic E-state index is 0.0634. The average molecular weight is 434 g/mol. The molecular formula is C20H19ClN2O2Se. The number of halogens is 1. The Kier molecular flexibility index (Phi) is 4.47. The van der Waals surface area contributed by atoms with Gasteiger partial charge in [0.15, 0.2) is 0 Å². The molecule has 1 aliphatic rings. The summed E-state index contributed by atoms with van der Waals surface area (Å²) in [6, 6.07) is 11.8. The van der Waals surface area contributed by atoms with Crippen LogP contribution in [0, 0.1) is 0 Å². The third-order valence-electron chi connectivity index (χ3n) is 4.44. The monoisotopic (exact) mass is 434 g/mol. The Morgan fingerprint density at radius 2 is 1.92 bits per heavy atom. The Balaban J connectivity index is 1.68. The van der Waals surface area contributed by atoms with Crippen molar-refractivity contribution >= 4 is 31.0 Å². The molecule has 0 saturated carbocycles. The molecule has 4 nitrogen and oxygen atoms in total. The Morgan fingerprint density at radius 3 is 2.65 bits per heavy atom. The number of nitrogens with one attached hydrogen (secondary N) is 1. The molecular weight excluding hydrogens is 415 g/mol. The van der Waals surface area contributed by atoms with E-state index in [4.69, 9.17) is 21.1 Å². The molecule has 0 aliphatic carbocycles. The van der Waals surface area contributed by atoms with Crippen LogP contribution in [0.15, 0.2) is 42.7 Å². The summed E-state index contributed by atoms with van der Waals surface area (Å²) < 4.78 is 13.0. The van der Waals surface area contributed by atoms with E-state index < -0.39 is 0 Å². The van der Waals surface area contributed by atoms with Crippen LogP contribution in [0.25, 0.3) is 11.3 Å². The van der Waals surface area contributed by atoms with E-state index in [1.807, 2.05) is 30.3 Å². The predicted octanol–water partition coefficient (Wildman–Crippen LogP) is 3.90. The molecule has 0 unspecified atom stereocenters. The molecule has 0 fully saturated rings. The molecule has 1 aromatic heterocycles. The van der Waals surface area contributed by atoms with Gasteiger partial charge in [0.2, 0.25) is 0 Å². The van der Waals surface area contributed by atoms with Crippen LogP contribution >= 0.6 is 11.6 Å². The van der Waals surface area contributed by atoms with Crippen molar-refractivity contribution in [1.82, 2.24) is 9.97 Å². The van der Waals surface area contributed by atoms with Gasteiger partial charge in [-0.2, -0.15) is 0 Å².